The van der Waals surface area contributed by atoms with Crippen LogP contribution < -0.4 is 16.0 Å². The SMILES string of the molecule is CCCCCNC(NC)C(=O)Nc1c(C)cc(C)cc1C. The van der Waals surface area contributed by atoms with Crippen molar-refractivity contribution in [3.63, 3.8) is 0 Å². The molecule has 1 atom stereocenters. The van der Waals surface area contributed by atoms with Crippen LogP contribution in [-0.4, -0.2) is 25.7 Å². The van der Waals surface area contributed by atoms with Crippen molar-refractivity contribution in [2.24, 2.45) is 0 Å². The fourth-order valence-corrected chi connectivity index (χ4v) is 2.52. The smallest absolute Gasteiger partial charge is 0.256 e. The van der Waals surface area contributed by atoms with E-state index in [4.69, 9.17) is 0 Å². The zero-order chi connectivity index (χ0) is 15.8. The van der Waals surface area contributed by atoms with Gasteiger partial charge in [-0.05, 0) is 51.9 Å². The van der Waals surface area contributed by atoms with Crippen LogP contribution >= 0.6 is 0 Å². The lowest BCUT2D eigenvalue weighted by Gasteiger charge is -2.19. The van der Waals surface area contributed by atoms with Gasteiger partial charge >= 0.3 is 0 Å². The van der Waals surface area contributed by atoms with Crippen LogP contribution in [0.15, 0.2) is 12.1 Å². The number of carbonyl (C=O) groups excluding carboxylic acids is 1. The van der Waals surface area contributed by atoms with Crippen LogP contribution in [0, 0.1) is 20.8 Å². The number of amides is 1. The Morgan fingerprint density at radius 1 is 1.14 bits per heavy atom. The lowest BCUT2D eigenvalue weighted by Crippen LogP contribution is -2.49. The highest BCUT2D eigenvalue weighted by Gasteiger charge is 2.17. The maximum atomic E-state index is 12.4. The third-order valence-corrected chi connectivity index (χ3v) is 3.60. The predicted octanol–water partition coefficient (Wildman–Crippen LogP) is 2.88. The minimum absolute atomic E-state index is 0.0379. The minimum Gasteiger partial charge on any atom is -0.323 e. The van der Waals surface area contributed by atoms with Gasteiger partial charge in [-0.15, -0.1) is 0 Å². The molecule has 0 saturated heterocycles. The number of hydrogen-bond donors (Lipinski definition) is 3. The van der Waals surface area contributed by atoms with Crippen LogP contribution in [-0.2, 0) is 4.79 Å². The van der Waals surface area contributed by atoms with Crippen LogP contribution in [0.3, 0.4) is 0 Å². The second-order valence-electron chi connectivity index (χ2n) is 5.65. The molecular weight excluding hydrogens is 262 g/mol. The molecule has 0 spiro atoms. The van der Waals surface area contributed by atoms with E-state index in [1.807, 2.05) is 13.8 Å². The molecule has 4 nitrogen and oxygen atoms in total. The van der Waals surface area contributed by atoms with Gasteiger partial charge in [-0.2, -0.15) is 0 Å². The Labute approximate surface area is 128 Å². The van der Waals surface area contributed by atoms with E-state index < -0.39 is 0 Å². The molecule has 4 heteroatoms. The Hall–Kier alpha value is -1.39. The minimum atomic E-state index is -0.359. The van der Waals surface area contributed by atoms with E-state index in [1.165, 1.54) is 18.4 Å². The molecule has 0 aliphatic carbocycles. The van der Waals surface area contributed by atoms with Gasteiger partial charge in [-0.1, -0.05) is 37.5 Å². The van der Waals surface area contributed by atoms with Crippen molar-refractivity contribution in [1.82, 2.24) is 10.6 Å². The molecule has 0 aliphatic heterocycles. The van der Waals surface area contributed by atoms with E-state index in [2.05, 4.69) is 41.9 Å². The molecule has 3 N–H and O–H groups in total. The van der Waals surface area contributed by atoms with E-state index >= 15 is 0 Å². The molecule has 0 aromatic heterocycles. The van der Waals surface area contributed by atoms with Crippen LogP contribution in [0.4, 0.5) is 5.69 Å². The number of unbranched alkanes of at least 4 members (excludes halogenated alkanes) is 2. The highest BCUT2D eigenvalue weighted by atomic mass is 16.2. The maximum Gasteiger partial charge on any atom is 0.256 e. The Morgan fingerprint density at radius 3 is 2.29 bits per heavy atom. The highest BCUT2D eigenvalue weighted by molar-refractivity contribution is 5.95. The molecule has 0 aliphatic rings. The number of anilines is 1. The molecule has 21 heavy (non-hydrogen) atoms. The largest absolute Gasteiger partial charge is 0.323 e. The maximum absolute atomic E-state index is 12.4. The molecular formula is C17H29N3O. The fourth-order valence-electron chi connectivity index (χ4n) is 2.52. The molecule has 0 saturated carbocycles. The molecule has 1 unspecified atom stereocenters. The standard InChI is InChI=1S/C17H29N3O/c1-6-7-8-9-19-16(18-5)17(21)20-15-13(3)10-12(2)11-14(15)4/h10-11,16,18-19H,6-9H2,1-5H3,(H,20,21). The van der Waals surface area contributed by atoms with E-state index in [0.29, 0.717) is 0 Å². The number of aryl methyl sites for hydroxylation is 3. The summed E-state index contributed by atoms with van der Waals surface area (Å²) < 4.78 is 0. The lowest BCUT2D eigenvalue weighted by molar-refractivity contribution is -0.118. The summed E-state index contributed by atoms with van der Waals surface area (Å²) in [4.78, 5) is 12.4. The topological polar surface area (TPSA) is 53.2 Å². The zero-order valence-corrected chi connectivity index (χ0v) is 14.0. The van der Waals surface area contributed by atoms with Gasteiger partial charge in [0.25, 0.3) is 5.91 Å². The number of nitrogens with one attached hydrogen (secondary N) is 3. The van der Waals surface area contributed by atoms with Crippen molar-refractivity contribution < 1.29 is 4.79 Å². The third kappa shape index (κ3) is 5.48. The Kier molecular flexibility index (Phi) is 7.40. The number of carbonyl (C=O) groups is 1. The Balaban J connectivity index is 2.66. The number of benzene rings is 1. The van der Waals surface area contributed by atoms with Crippen LogP contribution in [0.5, 0.6) is 0 Å². The van der Waals surface area contributed by atoms with Gasteiger partial charge in [0, 0.05) is 5.69 Å². The van der Waals surface area contributed by atoms with Crippen molar-refractivity contribution in [1.29, 1.82) is 0 Å². The zero-order valence-electron chi connectivity index (χ0n) is 14.0. The number of rotatable bonds is 8. The first kappa shape index (κ1) is 17.7. The Morgan fingerprint density at radius 2 is 1.76 bits per heavy atom. The first-order valence-electron chi connectivity index (χ1n) is 7.79. The van der Waals surface area contributed by atoms with Crippen LogP contribution in [0.1, 0.15) is 42.9 Å². The Bertz CT molecular complexity index is 448. The first-order valence-corrected chi connectivity index (χ1v) is 7.79. The quantitative estimate of drug-likeness (QED) is 0.510. The summed E-state index contributed by atoms with van der Waals surface area (Å²) in [5.74, 6) is -0.0379. The number of likely N-dealkylation sites (N-methyl/N-ethyl adjacent to an activating group) is 1. The van der Waals surface area contributed by atoms with Crippen LogP contribution in [0.25, 0.3) is 0 Å². The second-order valence-corrected chi connectivity index (χ2v) is 5.65. The molecule has 0 heterocycles. The average molecular weight is 291 g/mol. The van der Waals surface area contributed by atoms with Crippen molar-refractivity contribution in [3.8, 4) is 0 Å². The van der Waals surface area contributed by atoms with Gasteiger partial charge < -0.3 is 5.32 Å². The van der Waals surface area contributed by atoms with E-state index in [-0.39, 0.29) is 12.1 Å². The van der Waals surface area contributed by atoms with E-state index in [1.54, 1.807) is 7.05 Å². The summed E-state index contributed by atoms with van der Waals surface area (Å²) in [5, 5.41) is 9.31. The monoisotopic (exact) mass is 291 g/mol. The van der Waals surface area contributed by atoms with Gasteiger partial charge in [-0.3, -0.25) is 15.4 Å². The van der Waals surface area contributed by atoms with Gasteiger partial charge in [0.05, 0.1) is 0 Å². The fraction of sp³-hybridized carbons (Fsp3) is 0.588. The summed E-state index contributed by atoms with van der Waals surface area (Å²) in [6.45, 7) is 9.14. The molecule has 118 valence electrons. The normalized spacial score (nSPS) is 12.2. The molecule has 1 rings (SSSR count). The molecule has 1 amide bonds. The van der Waals surface area contributed by atoms with E-state index in [0.717, 1.165) is 29.8 Å². The third-order valence-electron chi connectivity index (χ3n) is 3.60. The molecule has 0 radical (unpaired) electrons. The highest BCUT2D eigenvalue weighted by Crippen LogP contribution is 2.21. The molecule has 0 bridgehead atoms. The number of hydrogen-bond acceptors (Lipinski definition) is 3. The second kappa shape index (κ2) is 8.80. The van der Waals surface area contributed by atoms with Crippen molar-refractivity contribution >= 4 is 11.6 Å². The van der Waals surface area contributed by atoms with Gasteiger partial charge in [0.15, 0.2) is 0 Å². The first-order chi connectivity index (χ1) is 9.99. The summed E-state index contributed by atoms with van der Waals surface area (Å²) >= 11 is 0. The van der Waals surface area contributed by atoms with Crippen LogP contribution in [0.2, 0.25) is 0 Å². The van der Waals surface area contributed by atoms with Crippen molar-refractivity contribution in [2.45, 2.75) is 53.1 Å². The van der Waals surface area contributed by atoms with E-state index in [9.17, 15) is 4.79 Å². The molecule has 1 aromatic carbocycles. The summed E-state index contributed by atoms with van der Waals surface area (Å²) in [6, 6.07) is 4.18. The average Bonchev–Trinajstić information content (AvgIpc) is 2.42. The summed E-state index contributed by atoms with van der Waals surface area (Å²) in [5.41, 5.74) is 4.33. The summed E-state index contributed by atoms with van der Waals surface area (Å²) in [6.07, 6.45) is 3.09. The predicted molar refractivity (Wildman–Crippen MR) is 89.7 cm³/mol. The lowest BCUT2D eigenvalue weighted by atomic mass is 10.1. The van der Waals surface area contributed by atoms with Crippen molar-refractivity contribution in [3.05, 3.63) is 28.8 Å². The van der Waals surface area contributed by atoms with Gasteiger partial charge in [0.1, 0.15) is 6.17 Å². The van der Waals surface area contributed by atoms with Gasteiger partial charge in [0.2, 0.25) is 0 Å². The molecule has 0 fully saturated rings. The van der Waals surface area contributed by atoms with Gasteiger partial charge in [-0.25, -0.2) is 0 Å². The van der Waals surface area contributed by atoms with Crippen molar-refractivity contribution in [2.75, 3.05) is 18.9 Å². The molecule has 1 aromatic rings. The summed E-state index contributed by atoms with van der Waals surface area (Å²) in [7, 11) is 1.80.